The minimum atomic E-state index is -3.68. The summed E-state index contributed by atoms with van der Waals surface area (Å²) in [4.78, 5) is 12.8. The lowest BCUT2D eigenvalue weighted by atomic mass is 10.1. The number of hydrogen-bond acceptors (Lipinski definition) is 6. The van der Waals surface area contributed by atoms with Crippen molar-refractivity contribution in [1.82, 2.24) is 5.32 Å². The van der Waals surface area contributed by atoms with E-state index in [4.69, 9.17) is 14.2 Å². The number of sulfonamides is 1. The summed E-state index contributed by atoms with van der Waals surface area (Å²) in [7, 11) is 0.847. The highest BCUT2D eigenvalue weighted by Gasteiger charge is 2.29. The second kappa shape index (κ2) is 9.71. The molecule has 0 aliphatic carbocycles. The van der Waals surface area contributed by atoms with E-state index in [1.54, 1.807) is 37.3 Å². The van der Waals surface area contributed by atoms with E-state index in [0.717, 1.165) is 16.1 Å². The first kappa shape index (κ1) is 23.3. The van der Waals surface area contributed by atoms with Gasteiger partial charge in [0.25, 0.3) is 0 Å². The van der Waals surface area contributed by atoms with Gasteiger partial charge in [0.15, 0.2) is 11.5 Å². The molecule has 2 aromatic rings. The van der Waals surface area contributed by atoms with Crippen LogP contribution in [0.5, 0.6) is 17.2 Å². The van der Waals surface area contributed by atoms with Crippen molar-refractivity contribution in [3.8, 4) is 17.2 Å². The molecule has 1 amide bonds. The maximum Gasteiger partial charge on any atom is 0.243 e. The van der Waals surface area contributed by atoms with Crippen molar-refractivity contribution in [2.45, 2.75) is 26.4 Å². The number of methoxy groups -OCH3 is 3. The molecule has 0 radical (unpaired) electrons. The first-order valence-corrected chi connectivity index (χ1v) is 11.1. The van der Waals surface area contributed by atoms with Crippen molar-refractivity contribution < 1.29 is 27.4 Å². The Balaban J connectivity index is 2.24. The Kier molecular flexibility index (Phi) is 7.55. The lowest BCUT2D eigenvalue weighted by molar-refractivity contribution is -0.122. The molecule has 0 aromatic heterocycles. The number of carbonyl (C=O) groups excluding carboxylic acids is 1. The van der Waals surface area contributed by atoms with Crippen molar-refractivity contribution >= 4 is 21.6 Å². The minimum Gasteiger partial charge on any atom is -0.493 e. The molecule has 0 spiro atoms. The first-order chi connectivity index (χ1) is 14.1. The van der Waals surface area contributed by atoms with Crippen LogP contribution < -0.4 is 23.8 Å². The molecule has 1 atom stereocenters. The van der Waals surface area contributed by atoms with Gasteiger partial charge in [0.2, 0.25) is 21.7 Å². The average molecular weight is 437 g/mol. The predicted molar refractivity (Wildman–Crippen MR) is 116 cm³/mol. The molecule has 0 fully saturated rings. The molecule has 0 saturated heterocycles. The third-order valence-electron chi connectivity index (χ3n) is 4.54. The van der Waals surface area contributed by atoms with Crippen LogP contribution >= 0.6 is 0 Å². The number of anilines is 1. The third-order valence-corrected chi connectivity index (χ3v) is 5.78. The van der Waals surface area contributed by atoms with Crippen molar-refractivity contribution in [3.63, 3.8) is 0 Å². The highest BCUT2D eigenvalue weighted by molar-refractivity contribution is 7.92. The van der Waals surface area contributed by atoms with Crippen molar-refractivity contribution in [2.75, 3.05) is 31.9 Å². The van der Waals surface area contributed by atoms with Crippen LogP contribution in [0, 0.1) is 6.92 Å². The molecular weight excluding hydrogens is 408 g/mol. The minimum absolute atomic E-state index is 0.158. The fraction of sp³-hybridized carbons (Fsp3) is 0.381. The quantitative estimate of drug-likeness (QED) is 0.649. The van der Waals surface area contributed by atoms with Crippen LogP contribution in [0.25, 0.3) is 0 Å². The Morgan fingerprint density at radius 2 is 1.67 bits per heavy atom. The normalized spacial score (nSPS) is 12.1. The molecule has 1 N–H and O–H groups in total. The molecule has 0 aliphatic rings. The smallest absolute Gasteiger partial charge is 0.243 e. The molecule has 164 valence electrons. The van der Waals surface area contributed by atoms with E-state index in [0.29, 0.717) is 28.5 Å². The van der Waals surface area contributed by atoms with Crippen LogP contribution in [-0.2, 0) is 21.4 Å². The molecule has 0 saturated carbocycles. The first-order valence-electron chi connectivity index (χ1n) is 9.25. The number of rotatable bonds is 9. The van der Waals surface area contributed by atoms with Crippen LogP contribution in [-0.4, -0.2) is 48.0 Å². The number of ether oxygens (including phenoxy) is 3. The van der Waals surface area contributed by atoms with Crippen LogP contribution in [0.15, 0.2) is 36.4 Å². The van der Waals surface area contributed by atoms with Crippen LogP contribution in [0.1, 0.15) is 18.1 Å². The van der Waals surface area contributed by atoms with Gasteiger partial charge in [-0.1, -0.05) is 12.1 Å². The highest BCUT2D eigenvalue weighted by Crippen LogP contribution is 2.38. The topological polar surface area (TPSA) is 94.2 Å². The van der Waals surface area contributed by atoms with Crippen molar-refractivity contribution in [2.24, 2.45) is 0 Å². The van der Waals surface area contributed by atoms with Gasteiger partial charge in [-0.15, -0.1) is 0 Å². The summed E-state index contributed by atoms with van der Waals surface area (Å²) in [6.07, 6.45) is 1.08. The van der Waals surface area contributed by atoms with Crippen molar-refractivity contribution in [3.05, 3.63) is 47.5 Å². The van der Waals surface area contributed by atoms with Gasteiger partial charge in [-0.05, 0) is 49.2 Å². The molecule has 0 aliphatic heterocycles. The molecular formula is C21H28N2O6S. The third kappa shape index (κ3) is 5.35. The van der Waals surface area contributed by atoms with E-state index >= 15 is 0 Å². The number of benzene rings is 2. The molecule has 2 rings (SSSR count). The lowest BCUT2D eigenvalue weighted by Crippen LogP contribution is -2.47. The zero-order chi connectivity index (χ0) is 22.5. The Bertz CT molecular complexity index is 981. The summed E-state index contributed by atoms with van der Waals surface area (Å²) in [5, 5.41) is 2.78. The molecule has 0 bridgehead atoms. The predicted octanol–water partition coefficient (Wildman–Crippen LogP) is 2.49. The highest BCUT2D eigenvalue weighted by atomic mass is 32.2. The van der Waals surface area contributed by atoms with Crippen LogP contribution in [0.2, 0.25) is 0 Å². The van der Waals surface area contributed by atoms with Gasteiger partial charge in [-0.25, -0.2) is 8.42 Å². The summed E-state index contributed by atoms with van der Waals surface area (Å²) in [6.45, 7) is 3.57. The van der Waals surface area contributed by atoms with Crippen LogP contribution in [0.4, 0.5) is 5.69 Å². The summed E-state index contributed by atoms with van der Waals surface area (Å²) < 4.78 is 41.8. The number of nitrogens with one attached hydrogen (secondary N) is 1. The SMILES string of the molecule is COc1cc(CNC(=O)[C@@H](C)N(c2cccc(C)c2)S(C)(=O)=O)cc(OC)c1OC. The van der Waals surface area contributed by atoms with Gasteiger partial charge in [0, 0.05) is 6.54 Å². The number of aryl methyl sites for hydroxylation is 1. The lowest BCUT2D eigenvalue weighted by Gasteiger charge is -2.28. The fourth-order valence-electron chi connectivity index (χ4n) is 3.15. The molecule has 2 aromatic carbocycles. The molecule has 9 heteroatoms. The fourth-order valence-corrected chi connectivity index (χ4v) is 4.31. The monoisotopic (exact) mass is 436 g/mol. The summed E-state index contributed by atoms with van der Waals surface area (Å²) >= 11 is 0. The van der Waals surface area contributed by atoms with E-state index in [-0.39, 0.29) is 6.54 Å². The number of nitrogens with zero attached hydrogens (tertiary/aromatic N) is 1. The van der Waals surface area contributed by atoms with E-state index in [1.807, 2.05) is 13.0 Å². The maximum absolute atomic E-state index is 12.8. The zero-order valence-electron chi connectivity index (χ0n) is 18.1. The van der Waals surface area contributed by atoms with Gasteiger partial charge in [-0.2, -0.15) is 0 Å². The Morgan fingerprint density at radius 3 is 2.13 bits per heavy atom. The van der Waals surface area contributed by atoms with E-state index < -0.39 is 22.0 Å². The van der Waals surface area contributed by atoms with Gasteiger partial charge in [0.05, 0.1) is 33.3 Å². The maximum atomic E-state index is 12.8. The summed E-state index contributed by atoms with van der Waals surface area (Å²) in [6, 6.07) is 9.51. The Hall–Kier alpha value is -2.94. The summed E-state index contributed by atoms with van der Waals surface area (Å²) in [5.74, 6) is 0.945. The van der Waals surface area contributed by atoms with Gasteiger partial charge in [0.1, 0.15) is 6.04 Å². The molecule has 0 unspecified atom stereocenters. The Morgan fingerprint density at radius 1 is 1.07 bits per heavy atom. The number of carbonyl (C=O) groups is 1. The van der Waals surface area contributed by atoms with Gasteiger partial charge >= 0.3 is 0 Å². The van der Waals surface area contributed by atoms with Gasteiger partial charge < -0.3 is 19.5 Å². The van der Waals surface area contributed by atoms with Gasteiger partial charge in [-0.3, -0.25) is 9.10 Å². The average Bonchev–Trinajstić information content (AvgIpc) is 2.70. The summed E-state index contributed by atoms with van der Waals surface area (Å²) in [5.41, 5.74) is 2.05. The van der Waals surface area contributed by atoms with E-state index in [1.165, 1.54) is 21.3 Å². The second-order valence-corrected chi connectivity index (χ2v) is 8.68. The van der Waals surface area contributed by atoms with E-state index in [9.17, 15) is 13.2 Å². The van der Waals surface area contributed by atoms with Crippen molar-refractivity contribution in [1.29, 1.82) is 0 Å². The number of hydrogen-bond donors (Lipinski definition) is 1. The molecule has 30 heavy (non-hydrogen) atoms. The largest absolute Gasteiger partial charge is 0.493 e. The molecule has 8 nitrogen and oxygen atoms in total. The van der Waals surface area contributed by atoms with E-state index in [2.05, 4.69) is 5.32 Å². The molecule has 0 heterocycles. The number of amides is 1. The second-order valence-electron chi connectivity index (χ2n) is 6.83. The standard InChI is InChI=1S/C21H28N2O6S/c1-14-8-7-9-17(10-14)23(30(6,25)26)15(2)21(24)22-13-16-11-18(27-3)20(29-5)19(12-16)28-4/h7-12,15H,13H2,1-6H3,(H,22,24)/t15-/m1/s1. The Labute approximate surface area is 177 Å². The zero-order valence-corrected chi connectivity index (χ0v) is 18.9. The van der Waals surface area contributed by atoms with Crippen LogP contribution in [0.3, 0.4) is 0 Å².